The van der Waals surface area contributed by atoms with Crippen molar-refractivity contribution in [2.75, 3.05) is 13.1 Å². The Morgan fingerprint density at radius 1 is 0.520 bits per heavy atom. The van der Waals surface area contributed by atoms with Crippen LogP contribution in [0.3, 0.4) is 0 Å². The first-order chi connectivity index (χ1) is 12.3. The molecule has 0 saturated heterocycles. The van der Waals surface area contributed by atoms with E-state index in [1.54, 1.807) is 0 Å². The SMILES string of the molecule is CCCCCCCCC1N(CCCCC)C=CN1CCCCCCC. The molecule has 1 heterocycles. The third-order valence-corrected chi connectivity index (χ3v) is 5.57. The molecule has 1 rings (SSSR count). The van der Waals surface area contributed by atoms with Crippen LogP contribution in [0, 0.1) is 0 Å². The second-order valence-electron chi connectivity index (χ2n) is 7.93. The Morgan fingerprint density at radius 2 is 0.920 bits per heavy atom. The summed E-state index contributed by atoms with van der Waals surface area (Å²) < 4.78 is 0. The van der Waals surface area contributed by atoms with E-state index >= 15 is 0 Å². The van der Waals surface area contributed by atoms with Crippen LogP contribution in [0.25, 0.3) is 0 Å². The lowest BCUT2D eigenvalue weighted by Gasteiger charge is -2.33. The Kier molecular flexibility index (Phi) is 14.0. The summed E-state index contributed by atoms with van der Waals surface area (Å²) in [6.45, 7) is 9.41. The Balaban J connectivity index is 2.32. The van der Waals surface area contributed by atoms with Gasteiger partial charge in [-0.25, -0.2) is 0 Å². The molecule has 0 N–H and O–H groups in total. The maximum absolute atomic E-state index is 2.64. The van der Waals surface area contributed by atoms with Crippen LogP contribution in [0.1, 0.15) is 117 Å². The van der Waals surface area contributed by atoms with E-state index in [1.165, 1.54) is 109 Å². The van der Waals surface area contributed by atoms with Crippen molar-refractivity contribution in [3.8, 4) is 0 Å². The van der Waals surface area contributed by atoms with Crippen LogP contribution in [0.2, 0.25) is 0 Å². The van der Waals surface area contributed by atoms with E-state index in [2.05, 4.69) is 43.0 Å². The molecule has 0 saturated carbocycles. The van der Waals surface area contributed by atoms with Gasteiger partial charge in [0.2, 0.25) is 0 Å². The summed E-state index contributed by atoms with van der Waals surface area (Å²) in [5, 5.41) is 0. The van der Waals surface area contributed by atoms with E-state index in [1.807, 2.05) is 0 Å². The minimum absolute atomic E-state index is 0.647. The molecular weight excluding hydrogens is 304 g/mol. The number of unbranched alkanes of at least 4 members (excludes halogenated alkanes) is 11. The number of nitrogens with zero attached hydrogens (tertiary/aromatic N) is 2. The molecule has 1 aliphatic heterocycles. The molecule has 2 heteroatoms. The molecule has 0 aromatic carbocycles. The van der Waals surface area contributed by atoms with Crippen molar-refractivity contribution < 1.29 is 0 Å². The largest absolute Gasteiger partial charge is 0.356 e. The van der Waals surface area contributed by atoms with Crippen LogP contribution in [-0.4, -0.2) is 29.1 Å². The third-order valence-electron chi connectivity index (χ3n) is 5.57. The second kappa shape index (κ2) is 15.6. The highest BCUT2D eigenvalue weighted by Crippen LogP contribution is 2.23. The lowest BCUT2D eigenvalue weighted by atomic mass is 10.1. The summed E-state index contributed by atoms with van der Waals surface area (Å²) >= 11 is 0. The van der Waals surface area contributed by atoms with Gasteiger partial charge in [-0.2, -0.15) is 0 Å². The van der Waals surface area contributed by atoms with Gasteiger partial charge >= 0.3 is 0 Å². The van der Waals surface area contributed by atoms with Gasteiger partial charge in [-0.15, -0.1) is 0 Å². The standard InChI is InChI=1S/C23H46N2/c1-4-7-10-12-13-15-18-23-24(19-16-9-6-3)21-22-25(23)20-17-14-11-8-5-2/h21-23H,4-20H2,1-3H3. The van der Waals surface area contributed by atoms with Gasteiger partial charge in [0.25, 0.3) is 0 Å². The Labute approximate surface area is 159 Å². The van der Waals surface area contributed by atoms with Crippen molar-refractivity contribution in [2.24, 2.45) is 0 Å². The van der Waals surface area contributed by atoms with Crippen molar-refractivity contribution in [3.63, 3.8) is 0 Å². The fourth-order valence-electron chi connectivity index (χ4n) is 3.89. The monoisotopic (exact) mass is 350 g/mol. The van der Waals surface area contributed by atoms with E-state index in [0.29, 0.717) is 6.17 Å². The zero-order chi connectivity index (χ0) is 18.2. The summed E-state index contributed by atoms with van der Waals surface area (Å²) in [4.78, 5) is 5.28. The first-order valence-corrected chi connectivity index (χ1v) is 11.5. The fraction of sp³-hybridized carbons (Fsp3) is 0.913. The highest BCUT2D eigenvalue weighted by molar-refractivity contribution is 4.96. The third kappa shape index (κ3) is 10.2. The normalized spacial score (nSPS) is 17.0. The molecule has 0 aromatic heterocycles. The molecule has 0 amide bonds. The average Bonchev–Trinajstić information content (AvgIpc) is 3.00. The molecule has 0 aliphatic carbocycles. The zero-order valence-corrected chi connectivity index (χ0v) is 17.6. The average molecular weight is 351 g/mol. The van der Waals surface area contributed by atoms with E-state index in [4.69, 9.17) is 0 Å². The van der Waals surface area contributed by atoms with Gasteiger partial charge in [-0.1, -0.05) is 91.4 Å². The molecular formula is C23H46N2. The topological polar surface area (TPSA) is 6.48 Å². The Bertz CT molecular complexity index is 313. The van der Waals surface area contributed by atoms with Crippen molar-refractivity contribution in [1.29, 1.82) is 0 Å². The maximum atomic E-state index is 2.64. The second-order valence-corrected chi connectivity index (χ2v) is 7.93. The van der Waals surface area contributed by atoms with Crippen molar-refractivity contribution in [3.05, 3.63) is 12.4 Å². The first-order valence-electron chi connectivity index (χ1n) is 11.5. The van der Waals surface area contributed by atoms with Crippen LogP contribution < -0.4 is 0 Å². The van der Waals surface area contributed by atoms with Gasteiger partial charge in [-0.05, 0) is 25.7 Å². The van der Waals surface area contributed by atoms with E-state index < -0.39 is 0 Å². The predicted molar refractivity (Wildman–Crippen MR) is 113 cm³/mol. The van der Waals surface area contributed by atoms with Gasteiger partial charge < -0.3 is 9.80 Å². The quantitative estimate of drug-likeness (QED) is 0.254. The van der Waals surface area contributed by atoms with E-state index in [9.17, 15) is 0 Å². The highest BCUT2D eigenvalue weighted by atomic mass is 15.4. The van der Waals surface area contributed by atoms with Crippen molar-refractivity contribution in [2.45, 2.75) is 123 Å². The highest BCUT2D eigenvalue weighted by Gasteiger charge is 2.24. The smallest absolute Gasteiger partial charge is 0.101 e. The number of rotatable bonds is 17. The molecule has 2 nitrogen and oxygen atoms in total. The van der Waals surface area contributed by atoms with Crippen LogP contribution in [0.15, 0.2) is 12.4 Å². The Hall–Kier alpha value is -0.660. The van der Waals surface area contributed by atoms with E-state index in [-0.39, 0.29) is 0 Å². The molecule has 1 atom stereocenters. The number of hydrogen-bond donors (Lipinski definition) is 0. The van der Waals surface area contributed by atoms with Crippen LogP contribution >= 0.6 is 0 Å². The summed E-state index contributed by atoms with van der Waals surface area (Å²) in [7, 11) is 0. The lowest BCUT2D eigenvalue weighted by molar-refractivity contribution is 0.135. The molecule has 1 unspecified atom stereocenters. The molecule has 0 fully saturated rings. The summed E-state index contributed by atoms with van der Waals surface area (Å²) in [6, 6.07) is 0. The molecule has 0 bridgehead atoms. The Morgan fingerprint density at radius 3 is 1.48 bits per heavy atom. The number of hydrogen-bond acceptors (Lipinski definition) is 2. The summed E-state index contributed by atoms with van der Waals surface area (Å²) in [6.07, 6.45) is 26.2. The van der Waals surface area contributed by atoms with E-state index in [0.717, 1.165) is 0 Å². The molecule has 0 aromatic rings. The van der Waals surface area contributed by atoms with Gasteiger partial charge in [0.1, 0.15) is 6.17 Å². The van der Waals surface area contributed by atoms with Crippen molar-refractivity contribution >= 4 is 0 Å². The van der Waals surface area contributed by atoms with Crippen molar-refractivity contribution in [1.82, 2.24) is 9.80 Å². The summed E-state index contributed by atoms with van der Waals surface area (Å²) in [5.74, 6) is 0. The first kappa shape index (κ1) is 22.4. The predicted octanol–water partition coefficient (Wildman–Crippen LogP) is 7.31. The van der Waals surface area contributed by atoms with Gasteiger partial charge in [0.15, 0.2) is 0 Å². The molecule has 0 spiro atoms. The lowest BCUT2D eigenvalue weighted by Crippen LogP contribution is -2.39. The fourth-order valence-corrected chi connectivity index (χ4v) is 3.89. The zero-order valence-electron chi connectivity index (χ0n) is 17.6. The summed E-state index contributed by atoms with van der Waals surface area (Å²) in [5.41, 5.74) is 0. The minimum Gasteiger partial charge on any atom is -0.356 e. The molecule has 25 heavy (non-hydrogen) atoms. The maximum Gasteiger partial charge on any atom is 0.101 e. The van der Waals surface area contributed by atoms with Gasteiger partial charge in [0.05, 0.1) is 0 Å². The van der Waals surface area contributed by atoms with Crippen LogP contribution in [0.5, 0.6) is 0 Å². The molecule has 0 radical (unpaired) electrons. The van der Waals surface area contributed by atoms with Crippen LogP contribution in [-0.2, 0) is 0 Å². The molecule has 1 aliphatic rings. The molecule has 148 valence electrons. The van der Waals surface area contributed by atoms with Gasteiger partial charge in [-0.3, -0.25) is 0 Å². The van der Waals surface area contributed by atoms with Gasteiger partial charge in [0, 0.05) is 25.5 Å². The minimum atomic E-state index is 0.647. The van der Waals surface area contributed by atoms with Crippen LogP contribution in [0.4, 0.5) is 0 Å².